The molecule has 0 radical (unpaired) electrons. The van der Waals surface area contributed by atoms with Gasteiger partial charge in [0.2, 0.25) is 0 Å². The molecule has 2 N–H and O–H groups in total. The van der Waals surface area contributed by atoms with Crippen LogP contribution in [-0.4, -0.2) is 41.5 Å². The van der Waals surface area contributed by atoms with Crippen molar-refractivity contribution in [2.75, 3.05) is 13.1 Å². The Labute approximate surface area is 126 Å². The lowest BCUT2D eigenvalue weighted by Crippen LogP contribution is -2.59. The monoisotopic (exact) mass is 293 g/mol. The molecule has 3 aliphatic rings. The van der Waals surface area contributed by atoms with Crippen molar-refractivity contribution >= 4 is 11.9 Å². The molecule has 1 aliphatic carbocycles. The highest BCUT2D eigenvalue weighted by Crippen LogP contribution is 2.42. The van der Waals surface area contributed by atoms with Crippen LogP contribution in [0.3, 0.4) is 0 Å². The molecule has 5 heteroatoms. The van der Waals surface area contributed by atoms with E-state index in [4.69, 9.17) is 0 Å². The first-order valence-corrected chi connectivity index (χ1v) is 8.43. The Hall–Kier alpha value is -1.10. The maximum Gasteiger partial charge on any atom is 0.325 e. The number of carbonyl (C=O) groups is 2. The first kappa shape index (κ1) is 14.8. The molecule has 3 rings (SSSR count). The largest absolute Gasteiger partial charge is 0.325 e. The Bertz CT molecular complexity index is 421. The summed E-state index contributed by atoms with van der Waals surface area (Å²) in [6.45, 7) is 5.73. The maximum absolute atomic E-state index is 13.0. The summed E-state index contributed by atoms with van der Waals surface area (Å²) in [5, 5.41) is 6.49. The summed E-state index contributed by atoms with van der Waals surface area (Å²) >= 11 is 0. The van der Waals surface area contributed by atoms with E-state index in [-0.39, 0.29) is 29.8 Å². The minimum absolute atomic E-state index is 0.0135. The Kier molecular flexibility index (Phi) is 3.95. The number of piperidine rings is 1. The number of nitrogens with zero attached hydrogens (tertiary/aromatic N) is 1. The second-order valence-corrected chi connectivity index (χ2v) is 7.09. The molecule has 21 heavy (non-hydrogen) atoms. The van der Waals surface area contributed by atoms with Crippen LogP contribution in [0.4, 0.5) is 4.79 Å². The van der Waals surface area contributed by atoms with E-state index in [1.54, 1.807) is 0 Å². The van der Waals surface area contributed by atoms with Crippen molar-refractivity contribution < 1.29 is 9.59 Å². The third-order valence-corrected chi connectivity index (χ3v) is 5.80. The van der Waals surface area contributed by atoms with E-state index in [1.165, 1.54) is 17.7 Å². The normalized spacial score (nSPS) is 40.7. The molecular weight excluding hydrogens is 266 g/mol. The summed E-state index contributed by atoms with van der Waals surface area (Å²) in [6.07, 6.45) is 6.61. The van der Waals surface area contributed by atoms with Crippen molar-refractivity contribution in [3.63, 3.8) is 0 Å². The highest BCUT2D eigenvalue weighted by atomic mass is 16.2. The first-order valence-electron chi connectivity index (χ1n) is 8.43. The van der Waals surface area contributed by atoms with E-state index in [2.05, 4.69) is 24.5 Å². The van der Waals surface area contributed by atoms with Gasteiger partial charge in [-0.2, -0.15) is 0 Å². The van der Waals surface area contributed by atoms with Crippen LogP contribution in [-0.2, 0) is 4.79 Å². The number of imide groups is 1. The van der Waals surface area contributed by atoms with Gasteiger partial charge in [0, 0.05) is 12.6 Å². The number of hydrogen-bond donors (Lipinski definition) is 2. The molecule has 1 spiro atoms. The highest BCUT2D eigenvalue weighted by molar-refractivity contribution is 6.07. The first-order chi connectivity index (χ1) is 10.1. The summed E-state index contributed by atoms with van der Waals surface area (Å²) in [6, 6.07) is 0.0748. The summed E-state index contributed by atoms with van der Waals surface area (Å²) in [5.74, 6) is 0.462. The molecule has 5 nitrogen and oxygen atoms in total. The topological polar surface area (TPSA) is 61.4 Å². The van der Waals surface area contributed by atoms with E-state index >= 15 is 0 Å². The zero-order valence-corrected chi connectivity index (χ0v) is 13.2. The standard InChI is InChI=1S/C16H27N3O2/c1-11-6-5-7-12(2)16(11)14(20)19(15(21)18-16)10-13-8-3-4-9-17-13/h11-13,17H,3-10H2,1-2H3,(H,18,21). The molecule has 0 aromatic heterocycles. The summed E-state index contributed by atoms with van der Waals surface area (Å²) in [5.41, 5.74) is -0.649. The van der Waals surface area contributed by atoms with Crippen molar-refractivity contribution in [1.82, 2.24) is 15.5 Å². The summed E-state index contributed by atoms with van der Waals surface area (Å²) in [4.78, 5) is 26.9. The van der Waals surface area contributed by atoms with Crippen LogP contribution in [0.25, 0.3) is 0 Å². The lowest BCUT2D eigenvalue weighted by Gasteiger charge is -2.42. The molecule has 2 saturated heterocycles. The summed E-state index contributed by atoms with van der Waals surface area (Å²) in [7, 11) is 0. The predicted octanol–water partition coefficient (Wildman–Crippen LogP) is 1.88. The van der Waals surface area contributed by atoms with Gasteiger partial charge in [-0.05, 0) is 44.1 Å². The molecular formula is C16H27N3O2. The van der Waals surface area contributed by atoms with Crippen molar-refractivity contribution in [1.29, 1.82) is 0 Å². The van der Waals surface area contributed by atoms with Crippen LogP contribution >= 0.6 is 0 Å². The number of urea groups is 1. The summed E-state index contributed by atoms with van der Waals surface area (Å²) < 4.78 is 0. The molecule has 3 amide bonds. The molecule has 3 fully saturated rings. The quantitative estimate of drug-likeness (QED) is 0.764. The Morgan fingerprint density at radius 1 is 1.10 bits per heavy atom. The molecule has 3 unspecified atom stereocenters. The van der Waals surface area contributed by atoms with Gasteiger partial charge >= 0.3 is 6.03 Å². The van der Waals surface area contributed by atoms with E-state index in [1.807, 2.05) is 0 Å². The van der Waals surface area contributed by atoms with Crippen molar-refractivity contribution in [2.24, 2.45) is 11.8 Å². The molecule has 0 aromatic carbocycles. The zero-order valence-electron chi connectivity index (χ0n) is 13.2. The van der Waals surface area contributed by atoms with Crippen LogP contribution < -0.4 is 10.6 Å². The van der Waals surface area contributed by atoms with E-state index < -0.39 is 5.54 Å². The number of rotatable bonds is 2. The number of amides is 3. The van der Waals surface area contributed by atoms with Crippen molar-refractivity contribution in [3.05, 3.63) is 0 Å². The van der Waals surface area contributed by atoms with E-state index in [9.17, 15) is 9.59 Å². The molecule has 3 atom stereocenters. The average molecular weight is 293 g/mol. The van der Waals surface area contributed by atoms with Gasteiger partial charge in [-0.25, -0.2) is 4.79 Å². The second-order valence-electron chi connectivity index (χ2n) is 7.09. The third-order valence-electron chi connectivity index (χ3n) is 5.80. The minimum atomic E-state index is -0.649. The molecule has 0 aromatic rings. The predicted molar refractivity (Wildman–Crippen MR) is 80.8 cm³/mol. The van der Waals surface area contributed by atoms with Crippen molar-refractivity contribution in [3.8, 4) is 0 Å². The lowest BCUT2D eigenvalue weighted by molar-refractivity contribution is -0.136. The highest BCUT2D eigenvalue weighted by Gasteiger charge is 2.58. The van der Waals surface area contributed by atoms with Crippen LogP contribution in [0.1, 0.15) is 52.4 Å². The smallest absolute Gasteiger partial charge is 0.323 e. The fraction of sp³-hybridized carbons (Fsp3) is 0.875. The fourth-order valence-electron chi connectivity index (χ4n) is 4.42. The SMILES string of the molecule is CC1CCCC(C)C12NC(=O)N(CC1CCCCN1)C2=O. The number of nitrogens with one attached hydrogen (secondary N) is 2. The van der Waals surface area contributed by atoms with E-state index in [0.29, 0.717) is 6.54 Å². The lowest BCUT2D eigenvalue weighted by atomic mass is 9.67. The molecule has 0 bridgehead atoms. The zero-order chi connectivity index (χ0) is 15.0. The third kappa shape index (κ3) is 2.35. The van der Waals surface area contributed by atoms with Gasteiger partial charge in [-0.15, -0.1) is 0 Å². The van der Waals surface area contributed by atoms with Crippen molar-refractivity contribution in [2.45, 2.75) is 64.0 Å². The molecule has 1 saturated carbocycles. The maximum atomic E-state index is 13.0. The Morgan fingerprint density at radius 2 is 1.81 bits per heavy atom. The Morgan fingerprint density at radius 3 is 2.43 bits per heavy atom. The fourth-order valence-corrected chi connectivity index (χ4v) is 4.42. The van der Waals surface area contributed by atoms with Gasteiger partial charge in [-0.3, -0.25) is 9.69 Å². The van der Waals surface area contributed by atoms with Crippen LogP contribution in [0.2, 0.25) is 0 Å². The van der Waals surface area contributed by atoms with Gasteiger partial charge in [0.15, 0.2) is 0 Å². The molecule has 118 valence electrons. The molecule has 2 heterocycles. The van der Waals surface area contributed by atoms with Gasteiger partial charge in [0.1, 0.15) is 5.54 Å². The van der Waals surface area contributed by atoms with Crippen LogP contribution in [0.15, 0.2) is 0 Å². The number of carbonyl (C=O) groups excluding carboxylic acids is 2. The van der Waals surface area contributed by atoms with Gasteiger partial charge in [-0.1, -0.05) is 26.7 Å². The molecule has 2 aliphatic heterocycles. The van der Waals surface area contributed by atoms with E-state index in [0.717, 1.165) is 32.2 Å². The van der Waals surface area contributed by atoms with Gasteiger partial charge in [0.05, 0.1) is 0 Å². The van der Waals surface area contributed by atoms with Gasteiger partial charge < -0.3 is 10.6 Å². The second kappa shape index (κ2) is 5.59. The van der Waals surface area contributed by atoms with Crippen LogP contribution in [0, 0.1) is 11.8 Å². The Balaban J connectivity index is 1.77. The van der Waals surface area contributed by atoms with Crippen LogP contribution in [0.5, 0.6) is 0 Å². The van der Waals surface area contributed by atoms with Gasteiger partial charge in [0.25, 0.3) is 5.91 Å². The average Bonchev–Trinajstić information content (AvgIpc) is 2.72. The minimum Gasteiger partial charge on any atom is -0.323 e. The number of hydrogen-bond acceptors (Lipinski definition) is 3.